The van der Waals surface area contributed by atoms with Gasteiger partial charge in [0.1, 0.15) is 12.2 Å². The van der Waals surface area contributed by atoms with Gasteiger partial charge in [-0.2, -0.15) is 0 Å². The van der Waals surface area contributed by atoms with Crippen LogP contribution in [0.3, 0.4) is 0 Å². The zero-order valence-electron chi connectivity index (χ0n) is 14.9. The van der Waals surface area contributed by atoms with Crippen molar-refractivity contribution in [2.45, 2.75) is 20.4 Å². The standard InChI is InChI=1S/C19H20N4O3/c1-13-9-10-17(25)22(11-13)12-16(24)20-18-14(2)21(3)23(19(18)26)15-7-5-4-6-8-15/h4-11H,12H2,1-3H3,(H,20,24). The van der Waals surface area contributed by atoms with E-state index < -0.39 is 5.91 Å². The fourth-order valence-electron chi connectivity index (χ4n) is 2.82. The van der Waals surface area contributed by atoms with Crippen LogP contribution in [0.15, 0.2) is 58.3 Å². The molecule has 2 aromatic heterocycles. The molecule has 3 rings (SSSR count). The van der Waals surface area contributed by atoms with E-state index in [0.717, 1.165) is 5.56 Å². The largest absolute Gasteiger partial charge is 0.318 e. The van der Waals surface area contributed by atoms with Crippen LogP contribution in [0.5, 0.6) is 0 Å². The first-order valence-corrected chi connectivity index (χ1v) is 8.19. The molecule has 0 aliphatic carbocycles. The van der Waals surface area contributed by atoms with Crippen LogP contribution in [0, 0.1) is 13.8 Å². The minimum Gasteiger partial charge on any atom is -0.318 e. The van der Waals surface area contributed by atoms with Crippen LogP contribution in [0.2, 0.25) is 0 Å². The lowest BCUT2D eigenvalue weighted by molar-refractivity contribution is -0.116. The molecule has 0 spiro atoms. The highest BCUT2D eigenvalue weighted by Crippen LogP contribution is 2.13. The number of para-hydroxylation sites is 1. The Balaban J connectivity index is 1.91. The molecule has 26 heavy (non-hydrogen) atoms. The van der Waals surface area contributed by atoms with Crippen LogP contribution in [0.1, 0.15) is 11.3 Å². The number of nitrogens with zero attached hydrogens (tertiary/aromatic N) is 3. The topological polar surface area (TPSA) is 78.0 Å². The van der Waals surface area contributed by atoms with Gasteiger partial charge >= 0.3 is 0 Å². The number of carbonyl (C=O) groups excluding carboxylic acids is 1. The number of benzene rings is 1. The van der Waals surface area contributed by atoms with Gasteiger partial charge < -0.3 is 9.88 Å². The highest BCUT2D eigenvalue weighted by molar-refractivity contribution is 5.91. The van der Waals surface area contributed by atoms with Crippen molar-refractivity contribution in [1.29, 1.82) is 0 Å². The summed E-state index contributed by atoms with van der Waals surface area (Å²) in [5.41, 5.74) is 1.84. The number of pyridine rings is 1. The first kappa shape index (κ1) is 17.5. The Hall–Kier alpha value is -3.35. The molecule has 0 saturated carbocycles. The van der Waals surface area contributed by atoms with E-state index in [1.54, 1.807) is 30.9 Å². The summed E-state index contributed by atoms with van der Waals surface area (Å²) < 4.78 is 4.49. The molecular weight excluding hydrogens is 332 g/mol. The van der Waals surface area contributed by atoms with E-state index in [-0.39, 0.29) is 23.4 Å². The van der Waals surface area contributed by atoms with Crippen molar-refractivity contribution >= 4 is 11.6 Å². The molecule has 0 saturated heterocycles. The summed E-state index contributed by atoms with van der Waals surface area (Å²) in [4.78, 5) is 37.0. The molecule has 1 aromatic carbocycles. The number of amides is 1. The van der Waals surface area contributed by atoms with Crippen LogP contribution >= 0.6 is 0 Å². The molecule has 7 heteroatoms. The zero-order valence-corrected chi connectivity index (χ0v) is 14.9. The molecule has 0 radical (unpaired) electrons. The number of hydrogen-bond acceptors (Lipinski definition) is 3. The molecule has 134 valence electrons. The third kappa shape index (κ3) is 3.23. The van der Waals surface area contributed by atoms with Crippen molar-refractivity contribution in [3.8, 4) is 5.69 Å². The summed E-state index contributed by atoms with van der Waals surface area (Å²) in [6.07, 6.45) is 1.61. The third-order valence-electron chi connectivity index (χ3n) is 4.26. The van der Waals surface area contributed by atoms with Gasteiger partial charge in [-0.25, -0.2) is 4.68 Å². The Bertz CT molecular complexity index is 1070. The smallest absolute Gasteiger partial charge is 0.295 e. The molecule has 2 heterocycles. The molecule has 1 N–H and O–H groups in total. The molecule has 0 bridgehead atoms. The summed E-state index contributed by atoms with van der Waals surface area (Å²) in [6.45, 7) is 3.45. The van der Waals surface area contributed by atoms with Gasteiger partial charge in [-0.05, 0) is 31.5 Å². The van der Waals surface area contributed by atoms with Gasteiger partial charge in [0.2, 0.25) is 5.91 Å². The maximum absolute atomic E-state index is 12.8. The molecule has 3 aromatic rings. The lowest BCUT2D eigenvalue weighted by atomic mass is 10.3. The summed E-state index contributed by atoms with van der Waals surface area (Å²) in [7, 11) is 1.75. The molecular formula is C19H20N4O3. The van der Waals surface area contributed by atoms with Crippen LogP contribution in [0.25, 0.3) is 5.69 Å². The van der Waals surface area contributed by atoms with Gasteiger partial charge in [0.15, 0.2) is 0 Å². The van der Waals surface area contributed by atoms with E-state index in [1.807, 2.05) is 37.3 Å². The summed E-state index contributed by atoms with van der Waals surface area (Å²) in [6, 6.07) is 12.3. The van der Waals surface area contributed by atoms with Crippen molar-refractivity contribution < 1.29 is 4.79 Å². The van der Waals surface area contributed by atoms with E-state index in [0.29, 0.717) is 11.4 Å². The Labute approximate surface area is 150 Å². The first-order valence-electron chi connectivity index (χ1n) is 8.19. The highest BCUT2D eigenvalue weighted by Gasteiger charge is 2.18. The second-order valence-electron chi connectivity index (χ2n) is 6.16. The van der Waals surface area contributed by atoms with Crippen LogP contribution in [-0.4, -0.2) is 19.8 Å². The SMILES string of the molecule is Cc1ccc(=O)n(CC(=O)Nc2c(C)n(C)n(-c3ccccc3)c2=O)c1. The van der Waals surface area contributed by atoms with E-state index in [4.69, 9.17) is 0 Å². The fraction of sp³-hybridized carbons (Fsp3) is 0.211. The van der Waals surface area contributed by atoms with Crippen molar-refractivity contribution in [3.63, 3.8) is 0 Å². The fourth-order valence-corrected chi connectivity index (χ4v) is 2.82. The van der Waals surface area contributed by atoms with Gasteiger partial charge in [0.05, 0.1) is 11.4 Å². The van der Waals surface area contributed by atoms with E-state index >= 15 is 0 Å². The maximum atomic E-state index is 12.8. The molecule has 0 aliphatic rings. The minimum absolute atomic E-state index is 0.153. The van der Waals surface area contributed by atoms with Crippen molar-refractivity contribution in [1.82, 2.24) is 13.9 Å². The molecule has 7 nitrogen and oxygen atoms in total. The molecule has 0 aliphatic heterocycles. The average molecular weight is 352 g/mol. The van der Waals surface area contributed by atoms with Crippen LogP contribution < -0.4 is 16.4 Å². The monoisotopic (exact) mass is 352 g/mol. The Morgan fingerprint density at radius 1 is 1.04 bits per heavy atom. The van der Waals surface area contributed by atoms with Crippen LogP contribution in [-0.2, 0) is 18.4 Å². The Kier molecular flexibility index (Phi) is 4.62. The maximum Gasteiger partial charge on any atom is 0.295 e. The number of rotatable bonds is 4. The predicted molar refractivity (Wildman–Crippen MR) is 99.8 cm³/mol. The number of carbonyl (C=O) groups is 1. The van der Waals surface area contributed by atoms with E-state index in [1.165, 1.54) is 15.3 Å². The second-order valence-corrected chi connectivity index (χ2v) is 6.16. The number of nitrogens with one attached hydrogen (secondary N) is 1. The van der Waals surface area contributed by atoms with E-state index in [9.17, 15) is 14.4 Å². The minimum atomic E-state index is -0.427. The highest BCUT2D eigenvalue weighted by atomic mass is 16.2. The van der Waals surface area contributed by atoms with Crippen molar-refractivity contribution in [2.24, 2.45) is 7.05 Å². The van der Waals surface area contributed by atoms with Gasteiger partial charge in [-0.3, -0.25) is 19.1 Å². The van der Waals surface area contributed by atoms with Crippen molar-refractivity contribution in [3.05, 3.63) is 80.6 Å². The lowest BCUT2D eigenvalue weighted by Gasteiger charge is -2.07. The summed E-state index contributed by atoms with van der Waals surface area (Å²) in [5.74, 6) is -0.427. The normalized spacial score (nSPS) is 10.7. The molecule has 0 fully saturated rings. The lowest BCUT2D eigenvalue weighted by Crippen LogP contribution is -2.29. The number of aryl methyl sites for hydroxylation is 1. The van der Waals surface area contributed by atoms with Gasteiger partial charge in [-0.15, -0.1) is 0 Å². The summed E-state index contributed by atoms with van der Waals surface area (Å²) >= 11 is 0. The first-order chi connectivity index (χ1) is 12.4. The molecule has 1 amide bonds. The third-order valence-corrected chi connectivity index (χ3v) is 4.26. The van der Waals surface area contributed by atoms with Gasteiger partial charge in [-0.1, -0.05) is 24.3 Å². The number of anilines is 1. The van der Waals surface area contributed by atoms with Crippen molar-refractivity contribution in [2.75, 3.05) is 5.32 Å². The molecule has 0 atom stereocenters. The zero-order chi connectivity index (χ0) is 18.8. The molecule has 0 unspecified atom stereocenters. The van der Waals surface area contributed by atoms with Gasteiger partial charge in [0, 0.05) is 19.3 Å². The van der Waals surface area contributed by atoms with Gasteiger partial charge in [0.25, 0.3) is 11.1 Å². The number of aromatic nitrogens is 3. The second kappa shape index (κ2) is 6.87. The Morgan fingerprint density at radius 2 is 1.73 bits per heavy atom. The quantitative estimate of drug-likeness (QED) is 0.775. The van der Waals surface area contributed by atoms with Crippen LogP contribution in [0.4, 0.5) is 5.69 Å². The Morgan fingerprint density at radius 3 is 2.42 bits per heavy atom. The summed E-state index contributed by atoms with van der Waals surface area (Å²) in [5, 5.41) is 2.65. The van der Waals surface area contributed by atoms with E-state index in [2.05, 4.69) is 5.32 Å². The predicted octanol–water partition coefficient (Wildman–Crippen LogP) is 1.59. The number of hydrogen-bond donors (Lipinski definition) is 1. The average Bonchev–Trinajstić information content (AvgIpc) is 2.82.